The Bertz CT molecular complexity index is 1110. The molecule has 0 radical (unpaired) electrons. The van der Waals surface area contributed by atoms with Gasteiger partial charge in [-0.15, -0.1) is 0 Å². The number of carbonyl (C=O) groups excluding carboxylic acids is 2. The normalized spacial score (nSPS) is 17.8. The van der Waals surface area contributed by atoms with Gasteiger partial charge in [0, 0.05) is 16.1 Å². The zero-order chi connectivity index (χ0) is 21.3. The van der Waals surface area contributed by atoms with E-state index in [0.717, 1.165) is 17.5 Å². The number of halogens is 1. The predicted octanol–water partition coefficient (Wildman–Crippen LogP) is 4.91. The monoisotopic (exact) mass is 419 g/mol. The number of carbonyl (C=O) groups is 2. The third kappa shape index (κ3) is 3.53. The first-order valence-corrected chi connectivity index (χ1v) is 10.3. The summed E-state index contributed by atoms with van der Waals surface area (Å²) >= 11 is 6.28. The molecule has 3 aromatic carbocycles. The minimum absolute atomic E-state index is 0.219. The number of Topliss-reactive ketones (excluding diaryl/α,β-unsaturated/α-hetero) is 1. The van der Waals surface area contributed by atoms with E-state index in [2.05, 4.69) is 0 Å². The summed E-state index contributed by atoms with van der Waals surface area (Å²) in [5.41, 5.74) is 1.51. The molecule has 3 aromatic rings. The summed E-state index contributed by atoms with van der Waals surface area (Å²) in [4.78, 5) is 27.8. The quantitative estimate of drug-likeness (QED) is 0.577. The van der Waals surface area contributed by atoms with Gasteiger partial charge in [-0.05, 0) is 29.7 Å². The predicted molar refractivity (Wildman–Crippen MR) is 118 cm³/mol. The molecule has 5 heteroatoms. The average Bonchev–Trinajstić information content (AvgIpc) is 2.97. The van der Waals surface area contributed by atoms with Crippen molar-refractivity contribution in [3.63, 3.8) is 0 Å². The van der Waals surface area contributed by atoms with Crippen molar-refractivity contribution in [1.82, 2.24) is 0 Å². The molecule has 0 aromatic heterocycles. The number of amides is 1. The first-order valence-electron chi connectivity index (χ1n) is 9.93. The number of aliphatic hydroxyl groups is 1. The summed E-state index contributed by atoms with van der Waals surface area (Å²) in [7, 11) is 0. The number of aryl methyl sites for hydroxylation is 1. The number of anilines is 1. The van der Waals surface area contributed by atoms with E-state index in [9.17, 15) is 14.7 Å². The molecular formula is C25H22ClNO3. The largest absolute Gasteiger partial charge is 0.375 e. The second-order valence-corrected chi connectivity index (χ2v) is 7.92. The number of benzene rings is 3. The fraction of sp³-hybridized carbons (Fsp3) is 0.200. The van der Waals surface area contributed by atoms with Crippen molar-refractivity contribution in [3.8, 4) is 0 Å². The van der Waals surface area contributed by atoms with Crippen LogP contribution in [-0.2, 0) is 23.4 Å². The molecule has 4 rings (SSSR count). The number of nitrogens with zero attached hydrogens (tertiary/aromatic N) is 1. The van der Waals surface area contributed by atoms with Crippen LogP contribution in [0.3, 0.4) is 0 Å². The molecule has 1 heterocycles. The van der Waals surface area contributed by atoms with E-state index < -0.39 is 11.5 Å². The average molecular weight is 420 g/mol. The van der Waals surface area contributed by atoms with Crippen LogP contribution < -0.4 is 4.90 Å². The fourth-order valence-corrected chi connectivity index (χ4v) is 4.09. The van der Waals surface area contributed by atoms with Crippen molar-refractivity contribution >= 4 is 29.0 Å². The molecule has 0 aliphatic carbocycles. The summed E-state index contributed by atoms with van der Waals surface area (Å²) in [5, 5.41) is 12.0. The molecule has 0 bridgehead atoms. The lowest BCUT2D eigenvalue weighted by Crippen LogP contribution is -2.41. The molecule has 1 atom stereocenters. The zero-order valence-electron chi connectivity index (χ0n) is 16.6. The van der Waals surface area contributed by atoms with Crippen molar-refractivity contribution in [1.29, 1.82) is 0 Å². The van der Waals surface area contributed by atoms with Crippen molar-refractivity contribution in [2.45, 2.75) is 31.9 Å². The van der Waals surface area contributed by atoms with Crippen LogP contribution in [0.1, 0.15) is 40.4 Å². The van der Waals surface area contributed by atoms with Crippen LogP contribution in [0.5, 0.6) is 0 Å². The topological polar surface area (TPSA) is 57.6 Å². The van der Waals surface area contributed by atoms with Gasteiger partial charge in [0.2, 0.25) is 0 Å². The Hall–Kier alpha value is -2.95. The van der Waals surface area contributed by atoms with Crippen LogP contribution in [0.4, 0.5) is 5.69 Å². The van der Waals surface area contributed by atoms with Gasteiger partial charge in [-0.3, -0.25) is 9.59 Å². The standard InChI is InChI=1S/C25H22ClNO3/c1-2-17-11-13-18(14-12-17)23(28)15-25(30)20-8-4-6-10-22(20)27(24(25)29)16-19-7-3-5-9-21(19)26/h3-14,30H,2,15-16H2,1H3/t25-/m1/s1. The maximum absolute atomic E-state index is 13.3. The van der Waals surface area contributed by atoms with Gasteiger partial charge in [-0.1, -0.05) is 79.2 Å². The van der Waals surface area contributed by atoms with E-state index in [1.54, 1.807) is 36.4 Å². The Morgan fingerprint density at radius 2 is 1.67 bits per heavy atom. The van der Waals surface area contributed by atoms with Crippen LogP contribution >= 0.6 is 11.6 Å². The van der Waals surface area contributed by atoms with Gasteiger partial charge in [0.15, 0.2) is 11.4 Å². The molecule has 0 saturated carbocycles. The zero-order valence-corrected chi connectivity index (χ0v) is 17.4. The maximum atomic E-state index is 13.3. The molecule has 152 valence electrons. The molecule has 0 spiro atoms. The van der Waals surface area contributed by atoms with Crippen molar-refractivity contribution in [2.24, 2.45) is 0 Å². The highest BCUT2D eigenvalue weighted by Crippen LogP contribution is 2.43. The number of hydrogen-bond donors (Lipinski definition) is 1. The second kappa shape index (κ2) is 8.05. The van der Waals surface area contributed by atoms with Crippen molar-refractivity contribution in [3.05, 3.63) is 100 Å². The molecule has 0 unspecified atom stereocenters. The van der Waals surface area contributed by atoms with E-state index in [1.165, 1.54) is 4.90 Å². The number of fused-ring (bicyclic) bond motifs is 1. The van der Waals surface area contributed by atoms with Crippen molar-refractivity contribution in [2.75, 3.05) is 4.90 Å². The Morgan fingerprint density at radius 3 is 2.37 bits per heavy atom. The molecule has 30 heavy (non-hydrogen) atoms. The summed E-state index contributed by atoms with van der Waals surface area (Å²) in [6.07, 6.45) is 0.564. The molecule has 1 amide bonds. The van der Waals surface area contributed by atoms with Crippen molar-refractivity contribution < 1.29 is 14.7 Å². The summed E-state index contributed by atoms with van der Waals surface area (Å²) < 4.78 is 0. The molecule has 1 N–H and O–H groups in total. The van der Waals surface area contributed by atoms with Crippen LogP contribution in [0, 0.1) is 0 Å². The van der Waals surface area contributed by atoms with Gasteiger partial charge in [0.1, 0.15) is 0 Å². The molecule has 1 aliphatic heterocycles. The van der Waals surface area contributed by atoms with Gasteiger partial charge in [-0.2, -0.15) is 0 Å². The summed E-state index contributed by atoms with van der Waals surface area (Å²) in [6.45, 7) is 2.26. The van der Waals surface area contributed by atoms with E-state index in [1.807, 2.05) is 43.3 Å². The Labute approximate surface area is 180 Å². The number of para-hydroxylation sites is 1. The van der Waals surface area contributed by atoms with Crippen LogP contribution in [0.15, 0.2) is 72.8 Å². The Morgan fingerprint density at radius 1 is 1.00 bits per heavy atom. The number of ketones is 1. The lowest BCUT2D eigenvalue weighted by molar-refractivity contribution is -0.136. The van der Waals surface area contributed by atoms with Gasteiger partial charge in [0.25, 0.3) is 5.91 Å². The molecule has 1 aliphatic rings. The van der Waals surface area contributed by atoms with Gasteiger partial charge >= 0.3 is 0 Å². The highest BCUT2D eigenvalue weighted by Gasteiger charge is 2.50. The van der Waals surface area contributed by atoms with E-state index >= 15 is 0 Å². The van der Waals surface area contributed by atoms with Gasteiger partial charge in [0.05, 0.1) is 18.7 Å². The van der Waals surface area contributed by atoms with Crippen LogP contribution in [0.2, 0.25) is 5.02 Å². The third-order valence-corrected chi connectivity index (χ3v) is 5.99. The molecule has 0 fully saturated rings. The Balaban J connectivity index is 1.66. The summed E-state index contributed by atoms with van der Waals surface area (Å²) in [6, 6.07) is 21.6. The maximum Gasteiger partial charge on any atom is 0.264 e. The van der Waals surface area contributed by atoms with Gasteiger partial charge in [-0.25, -0.2) is 0 Å². The molecule has 0 saturated heterocycles. The first-order chi connectivity index (χ1) is 14.4. The number of rotatable bonds is 6. The van der Waals surface area contributed by atoms with E-state index in [0.29, 0.717) is 21.8 Å². The minimum Gasteiger partial charge on any atom is -0.375 e. The lowest BCUT2D eigenvalue weighted by atomic mass is 9.88. The summed E-state index contributed by atoms with van der Waals surface area (Å²) in [5.74, 6) is -0.787. The third-order valence-electron chi connectivity index (χ3n) is 5.63. The van der Waals surface area contributed by atoms with E-state index in [4.69, 9.17) is 11.6 Å². The van der Waals surface area contributed by atoms with E-state index in [-0.39, 0.29) is 18.7 Å². The lowest BCUT2D eigenvalue weighted by Gasteiger charge is -2.23. The Kier molecular flexibility index (Phi) is 5.46. The fourth-order valence-electron chi connectivity index (χ4n) is 3.89. The highest BCUT2D eigenvalue weighted by atomic mass is 35.5. The minimum atomic E-state index is -1.90. The second-order valence-electron chi connectivity index (χ2n) is 7.51. The molecular weight excluding hydrogens is 398 g/mol. The van der Waals surface area contributed by atoms with Crippen LogP contribution in [-0.4, -0.2) is 16.8 Å². The van der Waals surface area contributed by atoms with Crippen LogP contribution in [0.25, 0.3) is 0 Å². The number of hydrogen-bond acceptors (Lipinski definition) is 3. The molecule has 4 nitrogen and oxygen atoms in total. The smallest absolute Gasteiger partial charge is 0.264 e. The first kappa shape index (κ1) is 20.3. The highest BCUT2D eigenvalue weighted by molar-refractivity contribution is 6.31. The SMILES string of the molecule is CCc1ccc(C(=O)C[C@]2(O)C(=O)N(Cc3ccccc3Cl)c3ccccc32)cc1. The van der Waals surface area contributed by atoms with Gasteiger partial charge < -0.3 is 10.0 Å².